The molecule has 0 bridgehead atoms. The lowest BCUT2D eigenvalue weighted by molar-refractivity contribution is -0.141. The third kappa shape index (κ3) is 6.86. The van der Waals surface area contributed by atoms with E-state index >= 15 is 0 Å². The van der Waals surface area contributed by atoms with Crippen LogP contribution in [0.3, 0.4) is 0 Å². The van der Waals surface area contributed by atoms with E-state index in [1.165, 1.54) is 0 Å². The van der Waals surface area contributed by atoms with Crippen molar-refractivity contribution < 1.29 is 23.3 Å². The Morgan fingerprint density at radius 2 is 1.52 bits per heavy atom. The zero-order valence-corrected chi connectivity index (χ0v) is 16.4. The Bertz CT molecular complexity index is 895. The highest BCUT2D eigenvalue weighted by atomic mass is 32.2. The number of esters is 1. The van der Waals surface area contributed by atoms with Gasteiger partial charge in [-0.2, -0.15) is 0 Å². The van der Waals surface area contributed by atoms with Crippen LogP contribution in [0.15, 0.2) is 69.9 Å². The van der Waals surface area contributed by atoms with Gasteiger partial charge in [0.15, 0.2) is 0 Å². The number of hydrogen-bond donors (Lipinski definition) is 0. The molecule has 0 saturated carbocycles. The molecule has 27 heavy (non-hydrogen) atoms. The molecule has 2 aromatic carbocycles. The minimum Gasteiger partial charge on any atom is -0.460 e. The summed E-state index contributed by atoms with van der Waals surface area (Å²) in [7, 11) is -3.37. The number of carbonyl (C=O) groups is 2. The van der Waals surface area contributed by atoms with Crippen LogP contribution in [0.25, 0.3) is 0 Å². The number of hydrogen-bond acceptors (Lipinski definition) is 5. The molecule has 0 aliphatic heterocycles. The van der Waals surface area contributed by atoms with E-state index in [0.717, 1.165) is 5.56 Å². The van der Waals surface area contributed by atoms with Crippen LogP contribution in [-0.4, -0.2) is 27.6 Å². The Hall–Kier alpha value is -2.67. The SMILES string of the molecule is CC(C)(C)OC(=O)N=[S@](=O)(CC(=O)OCc1ccccc1)c1ccccc1. The van der Waals surface area contributed by atoms with Crippen LogP contribution in [0.2, 0.25) is 0 Å². The fourth-order valence-electron chi connectivity index (χ4n) is 2.14. The monoisotopic (exact) mass is 389 g/mol. The average Bonchev–Trinajstić information content (AvgIpc) is 2.60. The molecule has 2 rings (SSSR count). The van der Waals surface area contributed by atoms with Crippen LogP contribution in [0.1, 0.15) is 26.3 Å². The van der Waals surface area contributed by atoms with E-state index in [4.69, 9.17) is 9.47 Å². The molecular formula is C20H23NO5S. The van der Waals surface area contributed by atoms with Crippen LogP contribution in [0.4, 0.5) is 4.79 Å². The van der Waals surface area contributed by atoms with Crippen molar-refractivity contribution in [1.29, 1.82) is 0 Å². The summed E-state index contributed by atoms with van der Waals surface area (Å²) in [6.07, 6.45) is -0.979. The Balaban J connectivity index is 2.21. The van der Waals surface area contributed by atoms with Crippen LogP contribution in [0, 0.1) is 0 Å². The molecule has 0 fully saturated rings. The fourth-order valence-corrected chi connectivity index (χ4v) is 3.74. The van der Waals surface area contributed by atoms with Gasteiger partial charge in [0.25, 0.3) is 0 Å². The minimum absolute atomic E-state index is 0.0520. The maximum Gasteiger partial charge on any atom is 0.442 e. The summed E-state index contributed by atoms with van der Waals surface area (Å²) in [6.45, 7) is 5.09. The highest BCUT2D eigenvalue weighted by Crippen LogP contribution is 2.17. The van der Waals surface area contributed by atoms with E-state index in [0.29, 0.717) is 0 Å². The molecule has 0 saturated heterocycles. The van der Waals surface area contributed by atoms with Crippen molar-refractivity contribution in [3.05, 3.63) is 66.2 Å². The molecule has 7 heteroatoms. The van der Waals surface area contributed by atoms with Crippen molar-refractivity contribution in [3.63, 3.8) is 0 Å². The van der Waals surface area contributed by atoms with Crippen LogP contribution >= 0.6 is 0 Å². The largest absolute Gasteiger partial charge is 0.460 e. The topological polar surface area (TPSA) is 82.0 Å². The van der Waals surface area contributed by atoms with Crippen LogP contribution in [0.5, 0.6) is 0 Å². The zero-order chi connectivity index (χ0) is 19.9. The normalized spacial score (nSPS) is 13.3. The van der Waals surface area contributed by atoms with Gasteiger partial charge in [-0.15, -0.1) is 4.36 Å². The number of rotatable bonds is 5. The molecule has 6 nitrogen and oxygen atoms in total. The smallest absolute Gasteiger partial charge is 0.442 e. The highest BCUT2D eigenvalue weighted by molar-refractivity contribution is 7.94. The molecule has 0 N–H and O–H groups in total. The van der Waals surface area contributed by atoms with E-state index in [2.05, 4.69) is 4.36 Å². The average molecular weight is 389 g/mol. The van der Waals surface area contributed by atoms with Crippen molar-refractivity contribution in [2.24, 2.45) is 4.36 Å². The summed E-state index contributed by atoms with van der Waals surface area (Å²) in [6, 6.07) is 17.3. The van der Waals surface area contributed by atoms with Gasteiger partial charge in [0, 0.05) is 4.90 Å². The lowest BCUT2D eigenvalue weighted by Gasteiger charge is -2.18. The lowest BCUT2D eigenvalue weighted by atomic mass is 10.2. The molecule has 0 aliphatic rings. The van der Waals surface area contributed by atoms with Crippen molar-refractivity contribution >= 4 is 21.8 Å². The maximum atomic E-state index is 13.3. The molecule has 0 heterocycles. The lowest BCUT2D eigenvalue weighted by Crippen LogP contribution is -2.24. The van der Waals surface area contributed by atoms with Gasteiger partial charge in [-0.1, -0.05) is 48.5 Å². The summed E-state index contributed by atoms with van der Waals surface area (Å²) >= 11 is 0. The Labute approximate surface area is 159 Å². The summed E-state index contributed by atoms with van der Waals surface area (Å²) in [4.78, 5) is 24.6. The Kier molecular flexibility index (Phi) is 6.74. The predicted octanol–water partition coefficient (Wildman–Crippen LogP) is 4.19. The number of carbonyl (C=O) groups excluding carboxylic acids is 2. The minimum atomic E-state index is -3.37. The van der Waals surface area contributed by atoms with Gasteiger partial charge in [-0.25, -0.2) is 9.00 Å². The molecule has 1 amide bonds. The van der Waals surface area contributed by atoms with E-state index in [9.17, 15) is 13.8 Å². The van der Waals surface area contributed by atoms with Gasteiger partial charge in [-0.3, -0.25) is 4.79 Å². The van der Waals surface area contributed by atoms with E-state index in [1.54, 1.807) is 51.1 Å². The van der Waals surface area contributed by atoms with Crippen molar-refractivity contribution in [1.82, 2.24) is 0 Å². The van der Waals surface area contributed by atoms with Gasteiger partial charge >= 0.3 is 12.1 Å². The number of nitrogens with zero attached hydrogens (tertiary/aromatic N) is 1. The molecule has 0 aromatic heterocycles. The first kappa shape index (κ1) is 20.6. The second-order valence-corrected chi connectivity index (χ2v) is 9.04. The second-order valence-electron chi connectivity index (χ2n) is 6.82. The van der Waals surface area contributed by atoms with Crippen molar-refractivity contribution in [3.8, 4) is 0 Å². The molecule has 0 aliphatic carbocycles. The first-order valence-corrected chi connectivity index (χ1v) is 10.1. The van der Waals surface area contributed by atoms with E-state index < -0.39 is 33.1 Å². The van der Waals surface area contributed by atoms with Gasteiger partial charge in [0.2, 0.25) is 0 Å². The standard InChI is InChI=1S/C20H23NO5S/c1-20(2,3)26-19(23)21-27(24,17-12-8-5-9-13-17)15-18(22)25-14-16-10-6-4-7-11-16/h4-13H,14-15H2,1-3H3/t27-/m0/s1. The number of ether oxygens (including phenoxy) is 2. The van der Waals surface area contributed by atoms with Crippen molar-refractivity contribution in [2.45, 2.75) is 37.9 Å². The highest BCUT2D eigenvalue weighted by Gasteiger charge is 2.23. The Morgan fingerprint density at radius 3 is 2.07 bits per heavy atom. The first-order chi connectivity index (χ1) is 12.7. The quantitative estimate of drug-likeness (QED) is 0.716. The van der Waals surface area contributed by atoms with Crippen molar-refractivity contribution in [2.75, 3.05) is 5.75 Å². The summed E-state index contributed by atoms with van der Waals surface area (Å²) in [5, 5.41) is 0. The van der Waals surface area contributed by atoms with Crippen LogP contribution in [-0.2, 0) is 30.6 Å². The summed E-state index contributed by atoms with van der Waals surface area (Å²) in [5.41, 5.74) is 0.0203. The summed E-state index contributed by atoms with van der Waals surface area (Å²) in [5.74, 6) is -1.25. The van der Waals surface area contributed by atoms with Gasteiger partial charge < -0.3 is 9.47 Å². The molecule has 144 valence electrons. The summed E-state index contributed by atoms with van der Waals surface area (Å²) < 4.78 is 27.4. The van der Waals surface area contributed by atoms with Gasteiger partial charge in [0.1, 0.15) is 18.0 Å². The second kappa shape index (κ2) is 8.81. The molecule has 1 atom stereocenters. The molecule has 2 aromatic rings. The number of amides is 1. The molecule has 0 radical (unpaired) electrons. The zero-order valence-electron chi connectivity index (χ0n) is 15.6. The van der Waals surface area contributed by atoms with Gasteiger partial charge in [-0.05, 0) is 38.5 Å². The molecule has 0 spiro atoms. The van der Waals surface area contributed by atoms with Gasteiger partial charge in [0.05, 0.1) is 9.73 Å². The van der Waals surface area contributed by atoms with Crippen LogP contribution < -0.4 is 0 Å². The first-order valence-electron chi connectivity index (χ1n) is 8.40. The third-order valence-electron chi connectivity index (χ3n) is 3.28. The fraction of sp³-hybridized carbons (Fsp3) is 0.300. The van der Waals surface area contributed by atoms with E-state index in [1.807, 2.05) is 30.3 Å². The molecular weight excluding hydrogens is 366 g/mol. The maximum absolute atomic E-state index is 13.3. The predicted molar refractivity (Wildman–Crippen MR) is 103 cm³/mol. The Morgan fingerprint density at radius 1 is 0.963 bits per heavy atom. The number of benzene rings is 2. The molecule has 0 unspecified atom stereocenters. The third-order valence-corrected chi connectivity index (χ3v) is 5.36. The van der Waals surface area contributed by atoms with E-state index in [-0.39, 0.29) is 11.5 Å².